The van der Waals surface area contributed by atoms with Crippen molar-refractivity contribution in [3.63, 3.8) is 0 Å². The third-order valence-corrected chi connectivity index (χ3v) is 3.82. The van der Waals surface area contributed by atoms with E-state index in [0.717, 1.165) is 22.2 Å². The van der Waals surface area contributed by atoms with E-state index < -0.39 is 0 Å². The largest absolute Gasteiger partial charge is 0.492 e. The van der Waals surface area contributed by atoms with E-state index in [9.17, 15) is 4.79 Å². The highest BCUT2D eigenvalue weighted by atomic mass is 79.9. The van der Waals surface area contributed by atoms with Crippen molar-refractivity contribution in [2.45, 2.75) is 6.42 Å². The van der Waals surface area contributed by atoms with Crippen molar-refractivity contribution in [1.82, 2.24) is 10.6 Å². The van der Waals surface area contributed by atoms with E-state index in [0.29, 0.717) is 24.7 Å². The number of amides is 2. The monoisotopic (exact) mass is 396 g/mol. The fraction of sp³-hybridized carbons (Fsp3) is 0.235. The van der Waals surface area contributed by atoms with Gasteiger partial charge in [0.05, 0.1) is 6.54 Å². The smallest absolute Gasteiger partial charge is 0.314 e. The summed E-state index contributed by atoms with van der Waals surface area (Å²) in [7, 11) is 0. The van der Waals surface area contributed by atoms with Crippen LogP contribution in [0.3, 0.4) is 0 Å². The van der Waals surface area contributed by atoms with Gasteiger partial charge < -0.3 is 15.4 Å². The molecule has 0 heterocycles. The Bertz CT molecular complexity index is 635. The van der Waals surface area contributed by atoms with Crippen molar-refractivity contribution in [3.8, 4) is 5.75 Å². The topological polar surface area (TPSA) is 50.4 Å². The van der Waals surface area contributed by atoms with Gasteiger partial charge in [0, 0.05) is 16.0 Å². The summed E-state index contributed by atoms with van der Waals surface area (Å²) in [6.07, 6.45) is 0.739. The Morgan fingerprint density at radius 2 is 1.83 bits per heavy atom. The lowest BCUT2D eigenvalue weighted by Gasteiger charge is -2.09. The summed E-state index contributed by atoms with van der Waals surface area (Å²) in [6, 6.07) is 15.0. The first kappa shape index (κ1) is 17.6. The molecule has 2 aromatic carbocycles. The van der Waals surface area contributed by atoms with Crippen LogP contribution in [-0.2, 0) is 6.42 Å². The lowest BCUT2D eigenvalue weighted by molar-refractivity contribution is 0.236. The quantitative estimate of drug-likeness (QED) is 0.693. The highest BCUT2D eigenvalue weighted by Crippen LogP contribution is 2.15. The molecule has 2 amide bonds. The molecule has 6 heteroatoms. The zero-order chi connectivity index (χ0) is 16.5. The zero-order valence-electron chi connectivity index (χ0n) is 12.5. The van der Waals surface area contributed by atoms with Crippen molar-refractivity contribution < 1.29 is 9.53 Å². The van der Waals surface area contributed by atoms with Crippen LogP contribution in [-0.4, -0.2) is 25.7 Å². The Morgan fingerprint density at radius 3 is 2.57 bits per heavy atom. The number of hydrogen-bond acceptors (Lipinski definition) is 2. The second-order valence-corrected chi connectivity index (χ2v) is 6.22. The molecule has 2 rings (SSSR count). The summed E-state index contributed by atoms with van der Waals surface area (Å²) in [5.41, 5.74) is 1.09. The lowest BCUT2D eigenvalue weighted by atomic mass is 10.1. The fourth-order valence-corrected chi connectivity index (χ4v) is 2.42. The summed E-state index contributed by atoms with van der Waals surface area (Å²) in [5.74, 6) is 0.774. The molecule has 0 aliphatic rings. The van der Waals surface area contributed by atoms with E-state index in [1.807, 2.05) is 48.5 Å². The first-order chi connectivity index (χ1) is 11.1. The third kappa shape index (κ3) is 6.93. The first-order valence-electron chi connectivity index (χ1n) is 7.28. The maximum Gasteiger partial charge on any atom is 0.314 e. The van der Waals surface area contributed by atoms with Gasteiger partial charge >= 0.3 is 6.03 Å². The number of benzene rings is 2. The lowest BCUT2D eigenvalue weighted by Crippen LogP contribution is -2.38. The van der Waals surface area contributed by atoms with Gasteiger partial charge in [0.15, 0.2) is 0 Å². The van der Waals surface area contributed by atoms with Gasteiger partial charge in [-0.1, -0.05) is 39.7 Å². The molecule has 4 nitrogen and oxygen atoms in total. The molecule has 0 saturated carbocycles. The molecule has 0 saturated heterocycles. The zero-order valence-corrected chi connectivity index (χ0v) is 14.9. The maximum absolute atomic E-state index is 11.6. The second-order valence-electron chi connectivity index (χ2n) is 4.86. The highest BCUT2D eigenvalue weighted by Gasteiger charge is 2.00. The number of halogens is 2. The number of carbonyl (C=O) groups is 1. The van der Waals surface area contributed by atoms with Crippen LogP contribution < -0.4 is 15.4 Å². The average molecular weight is 398 g/mol. The number of hydrogen-bond donors (Lipinski definition) is 2. The Hall–Kier alpha value is -1.72. The molecule has 23 heavy (non-hydrogen) atoms. The summed E-state index contributed by atoms with van der Waals surface area (Å²) in [6.45, 7) is 1.42. The molecule has 2 aromatic rings. The van der Waals surface area contributed by atoms with Gasteiger partial charge in [-0.05, 0) is 48.4 Å². The third-order valence-electron chi connectivity index (χ3n) is 3.06. The normalized spacial score (nSPS) is 10.2. The molecular formula is C17H18BrClN2O2. The highest BCUT2D eigenvalue weighted by molar-refractivity contribution is 9.10. The molecule has 0 unspecified atom stereocenters. The minimum absolute atomic E-state index is 0.202. The molecule has 0 spiro atoms. The van der Waals surface area contributed by atoms with Crippen molar-refractivity contribution in [2.75, 3.05) is 19.7 Å². The number of nitrogens with one attached hydrogen (secondary N) is 2. The minimum Gasteiger partial charge on any atom is -0.492 e. The van der Waals surface area contributed by atoms with Crippen LogP contribution in [0.2, 0.25) is 5.02 Å². The average Bonchev–Trinajstić information content (AvgIpc) is 2.53. The van der Waals surface area contributed by atoms with Crippen molar-refractivity contribution in [2.24, 2.45) is 0 Å². The standard InChI is InChI=1S/C17H18BrClN2O2/c18-14-4-6-16(7-5-14)23-11-10-21-17(22)20-9-8-13-2-1-3-15(19)12-13/h1-7,12H,8-11H2,(H2,20,21,22). The van der Waals surface area contributed by atoms with Crippen molar-refractivity contribution in [1.29, 1.82) is 0 Å². The number of ether oxygens (including phenoxy) is 1. The fourth-order valence-electron chi connectivity index (χ4n) is 1.94. The molecule has 0 atom stereocenters. The van der Waals surface area contributed by atoms with Gasteiger partial charge in [-0.3, -0.25) is 0 Å². The predicted octanol–water partition coefficient (Wildman–Crippen LogP) is 4.02. The molecule has 0 fully saturated rings. The van der Waals surface area contributed by atoms with Crippen LogP contribution >= 0.6 is 27.5 Å². The van der Waals surface area contributed by atoms with E-state index in [2.05, 4.69) is 26.6 Å². The van der Waals surface area contributed by atoms with Gasteiger partial charge in [-0.15, -0.1) is 0 Å². The summed E-state index contributed by atoms with van der Waals surface area (Å²) >= 11 is 9.28. The molecular weight excluding hydrogens is 380 g/mol. The van der Waals surface area contributed by atoms with Crippen molar-refractivity contribution >= 4 is 33.6 Å². The van der Waals surface area contributed by atoms with E-state index in [1.54, 1.807) is 0 Å². The predicted molar refractivity (Wildman–Crippen MR) is 96.2 cm³/mol. The molecule has 122 valence electrons. The van der Waals surface area contributed by atoms with E-state index in [1.165, 1.54) is 0 Å². The van der Waals surface area contributed by atoms with Crippen LogP contribution in [0.15, 0.2) is 53.0 Å². The van der Waals surface area contributed by atoms with E-state index in [-0.39, 0.29) is 6.03 Å². The Morgan fingerprint density at radius 1 is 1.09 bits per heavy atom. The van der Waals surface area contributed by atoms with Crippen LogP contribution in [0.25, 0.3) is 0 Å². The Kier molecular flexibility index (Phi) is 7.23. The van der Waals surface area contributed by atoms with Crippen LogP contribution in [0, 0.1) is 0 Å². The van der Waals surface area contributed by atoms with Gasteiger partial charge in [0.2, 0.25) is 0 Å². The first-order valence-corrected chi connectivity index (χ1v) is 8.45. The van der Waals surface area contributed by atoms with E-state index >= 15 is 0 Å². The van der Waals surface area contributed by atoms with Gasteiger partial charge in [-0.25, -0.2) is 4.79 Å². The molecule has 0 radical (unpaired) electrons. The van der Waals surface area contributed by atoms with Crippen LogP contribution in [0.5, 0.6) is 5.75 Å². The van der Waals surface area contributed by atoms with Gasteiger partial charge in [0.25, 0.3) is 0 Å². The van der Waals surface area contributed by atoms with Crippen LogP contribution in [0.4, 0.5) is 4.79 Å². The van der Waals surface area contributed by atoms with Crippen LogP contribution in [0.1, 0.15) is 5.56 Å². The summed E-state index contributed by atoms with van der Waals surface area (Å²) in [5, 5.41) is 6.26. The summed E-state index contributed by atoms with van der Waals surface area (Å²) in [4.78, 5) is 11.6. The molecule has 2 N–H and O–H groups in total. The molecule has 0 aliphatic carbocycles. The number of rotatable bonds is 7. The number of carbonyl (C=O) groups excluding carboxylic acids is 1. The molecule has 0 aliphatic heterocycles. The number of urea groups is 1. The molecule has 0 bridgehead atoms. The van der Waals surface area contributed by atoms with E-state index in [4.69, 9.17) is 16.3 Å². The Labute approximate surface area is 149 Å². The maximum atomic E-state index is 11.6. The van der Waals surface area contributed by atoms with Gasteiger partial charge in [0.1, 0.15) is 12.4 Å². The SMILES string of the molecule is O=C(NCCOc1ccc(Br)cc1)NCCc1cccc(Cl)c1. The minimum atomic E-state index is -0.202. The van der Waals surface area contributed by atoms with Crippen molar-refractivity contribution in [3.05, 3.63) is 63.6 Å². The Balaban J connectivity index is 1.57. The molecule has 0 aromatic heterocycles. The van der Waals surface area contributed by atoms with Gasteiger partial charge in [-0.2, -0.15) is 0 Å². The summed E-state index contributed by atoms with van der Waals surface area (Å²) < 4.78 is 6.52. The second kappa shape index (κ2) is 9.43.